The van der Waals surface area contributed by atoms with Crippen LogP contribution in [0.4, 0.5) is 4.39 Å². The summed E-state index contributed by atoms with van der Waals surface area (Å²) in [6.45, 7) is 4.14. The minimum Gasteiger partial charge on any atom is -0.497 e. The van der Waals surface area contributed by atoms with Crippen molar-refractivity contribution in [1.82, 2.24) is 10.2 Å². The number of benzene rings is 2. The zero-order chi connectivity index (χ0) is 21.2. The molecule has 7 heteroatoms. The first-order valence-corrected chi connectivity index (χ1v) is 9.53. The number of ether oxygens (including phenoxy) is 2. The van der Waals surface area contributed by atoms with Crippen molar-refractivity contribution in [2.45, 2.75) is 32.9 Å². The number of rotatable bonds is 10. The lowest BCUT2D eigenvalue weighted by Gasteiger charge is -2.28. The van der Waals surface area contributed by atoms with Crippen molar-refractivity contribution < 1.29 is 23.5 Å². The SMILES string of the molecule is CCCNC(=O)[C@@H](C)N(Cc1cccc(OC)c1)C(=O)COc1ccc(F)cc1. The van der Waals surface area contributed by atoms with Crippen molar-refractivity contribution in [2.24, 2.45) is 0 Å². The second kappa shape index (κ2) is 11.0. The standard InChI is InChI=1S/C22H27FN2O4/c1-4-12-24-22(27)16(2)25(14-17-6-5-7-20(13-17)28-3)21(26)15-29-19-10-8-18(23)9-11-19/h5-11,13,16H,4,12,14-15H2,1-3H3,(H,24,27)/t16-/m1/s1. The highest BCUT2D eigenvalue weighted by Crippen LogP contribution is 2.17. The van der Waals surface area contributed by atoms with Crippen LogP contribution >= 0.6 is 0 Å². The third-order valence-electron chi connectivity index (χ3n) is 4.38. The quantitative estimate of drug-likeness (QED) is 0.663. The molecule has 2 rings (SSSR count). The van der Waals surface area contributed by atoms with E-state index in [0.29, 0.717) is 18.0 Å². The second-order valence-electron chi connectivity index (χ2n) is 6.58. The number of amides is 2. The second-order valence-corrected chi connectivity index (χ2v) is 6.58. The van der Waals surface area contributed by atoms with E-state index in [4.69, 9.17) is 9.47 Å². The molecule has 2 amide bonds. The molecule has 0 aliphatic carbocycles. The van der Waals surface area contributed by atoms with Gasteiger partial charge in [0.05, 0.1) is 7.11 Å². The summed E-state index contributed by atoms with van der Waals surface area (Å²) in [6, 6.07) is 12.1. The number of hydrogen-bond donors (Lipinski definition) is 1. The van der Waals surface area contributed by atoms with E-state index < -0.39 is 6.04 Å². The molecule has 0 aromatic heterocycles. The van der Waals surface area contributed by atoms with Gasteiger partial charge in [-0.15, -0.1) is 0 Å². The number of carbonyl (C=O) groups is 2. The topological polar surface area (TPSA) is 67.9 Å². The van der Waals surface area contributed by atoms with Crippen molar-refractivity contribution in [3.05, 3.63) is 59.9 Å². The molecule has 1 N–H and O–H groups in total. The van der Waals surface area contributed by atoms with Crippen LogP contribution in [0.2, 0.25) is 0 Å². The van der Waals surface area contributed by atoms with Crippen LogP contribution in [0.3, 0.4) is 0 Å². The largest absolute Gasteiger partial charge is 0.497 e. The van der Waals surface area contributed by atoms with Crippen molar-refractivity contribution >= 4 is 11.8 Å². The molecule has 0 aliphatic heterocycles. The molecule has 1 atom stereocenters. The van der Waals surface area contributed by atoms with E-state index in [1.807, 2.05) is 31.2 Å². The van der Waals surface area contributed by atoms with Gasteiger partial charge in [0.15, 0.2) is 6.61 Å². The molecule has 0 aliphatic rings. The van der Waals surface area contributed by atoms with Crippen molar-refractivity contribution in [1.29, 1.82) is 0 Å². The molecule has 0 saturated carbocycles. The molecule has 0 fully saturated rings. The number of hydrogen-bond acceptors (Lipinski definition) is 4. The number of carbonyl (C=O) groups excluding carboxylic acids is 2. The van der Waals surface area contributed by atoms with E-state index >= 15 is 0 Å². The van der Waals surface area contributed by atoms with E-state index in [1.165, 1.54) is 29.2 Å². The summed E-state index contributed by atoms with van der Waals surface area (Å²) >= 11 is 0. The average molecular weight is 402 g/mol. The van der Waals surface area contributed by atoms with E-state index in [9.17, 15) is 14.0 Å². The molecule has 0 unspecified atom stereocenters. The zero-order valence-corrected chi connectivity index (χ0v) is 17.0. The van der Waals surface area contributed by atoms with Gasteiger partial charge in [0.2, 0.25) is 5.91 Å². The highest BCUT2D eigenvalue weighted by Gasteiger charge is 2.26. The lowest BCUT2D eigenvalue weighted by molar-refractivity contribution is -0.142. The van der Waals surface area contributed by atoms with Gasteiger partial charge in [-0.05, 0) is 55.3 Å². The highest BCUT2D eigenvalue weighted by atomic mass is 19.1. The third-order valence-corrected chi connectivity index (χ3v) is 4.38. The number of halogens is 1. The Balaban J connectivity index is 2.14. The van der Waals surface area contributed by atoms with E-state index in [2.05, 4.69) is 5.32 Å². The van der Waals surface area contributed by atoms with Gasteiger partial charge in [-0.25, -0.2) is 4.39 Å². The average Bonchev–Trinajstić information content (AvgIpc) is 2.74. The smallest absolute Gasteiger partial charge is 0.261 e. The van der Waals surface area contributed by atoms with Gasteiger partial charge in [0.25, 0.3) is 5.91 Å². The van der Waals surface area contributed by atoms with Crippen molar-refractivity contribution in [2.75, 3.05) is 20.3 Å². The van der Waals surface area contributed by atoms with Gasteiger partial charge < -0.3 is 19.7 Å². The van der Waals surface area contributed by atoms with Crippen molar-refractivity contribution in [3.8, 4) is 11.5 Å². The van der Waals surface area contributed by atoms with Crippen LogP contribution in [-0.2, 0) is 16.1 Å². The molecule has 0 saturated heterocycles. The molecule has 0 bridgehead atoms. The van der Waals surface area contributed by atoms with Gasteiger partial charge in [0.1, 0.15) is 23.4 Å². The number of methoxy groups -OCH3 is 1. The van der Waals surface area contributed by atoms with Gasteiger partial charge in [-0.3, -0.25) is 9.59 Å². The highest BCUT2D eigenvalue weighted by molar-refractivity contribution is 5.87. The summed E-state index contributed by atoms with van der Waals surface area (Å²) in [7, 11) is 1.57. The Labute approximate surface area is 170 Å². The van der Waals surface area contributed by atoms with Crippen LogP contribution in [0, 0.1) is 5.82 Å². The van der Waals surface area contributed by atoms with E-state index in [0.717, 1.165) is 12.0 Å². The fourth-order valence-electron chi connectivity index (χ4n) is 2.70. The first-order valence-electron chi connectivity index (χ1n) is 9.53. The Kier molecular flexibility index (Phi) is 8.45. The van der Waals surface area contributed by atoms with E-state index in [-0.39, 0.29) is 30.8 Å². The van der Waals surface area contributed by atoms with Crippen LogP contribution in [-0.4, -0.2) is 43.0 Å². The molecule has 29 heavy (non-hydrogen) atoms. The Morgan fingerprint density at radius 1 is 1.14 bits per heavy atom. The molecule has 156 valence electrons. The molecule has 0 heterocycles. The van der Waals surface area contributed by atoms with Gasteiger partial charge in [-0.1, -0.05) is 19.1 Å². The Morgan fingerprint density at radius 2 is 1.86 bits per heavy atom. The van der Waals surface area contributed by atoms with Crippen LogP contribution in [0.1, 0.15) is 25.8 Å². The maximum Gasteiger partial charge on any atom is 0.261 e. The molecule has 6 nitrogen and oxygen atoms in total. The van der Waals surface area contributed by atoms with Gasteiger partial charge in [-0.2, -0.15) is 0 Å². The summed E-state index contributed by atoms with van der Waals surface area (Å²) < 4.78 is 23.7. The first kappa shape index (κ1) is 22.2. The fraction of sp³-hybridized carbons (Fsp3) is 0.364. The number of nitrogens with zero attached hydrogens (tertiary/aromatic N) is 1. The lowest BCUT2D eigenvalue weighted by Crippen LogP contribution is -2.49. The van der Waals surface area contributed by atoms with Gasteiger partial charge in [0, 0.05) is 13.1 Å². The fourth-order valence-corrected chi connectivity index (χ4v) is 2.70. The number of nitrogens with one attached hydrogen (secondary N) is 1. The monoisotopic (exact) mass is 402 g/mol. The third kappa shape index (κ3) is 6.78. The molecule has 0 spiro atoms. The van der Waals surface area contributed by atoms with Crippen LogP contribution in [0.15, 0.2) is 48.5 Å². The molecule has 2 aromatic carbocycles. The summed E-state index contributed by atoms with van der Waals surface area (Å²) in [6.07, 6.45) is 0.802. The Bertz CT molecular complexity index is 811. The van der Waals surface area contributed by atoms with E-state index in [1.54, 1.807) is 14.0 Å². The molecule has 2 aromatic rings. The summed E-state index contributed by atoms with van der Waals surface area (Å²) in [4.78, 5) is 26.8. The maximum atomic E-state index is 13.0. The summed E-state index contributed by atoms with van der Waals surface area (Å²) in [5, 5.41) is 2.82. The minimum absolute atomic E-state index is 0.226. The predicted molar refractivity (Wildman–Crippen MR) is 108 cm³/mol. The summed E-state index contributed by atoms with van der Waals surface area (Å²) in [5.74, 6) is 0.0791. The normalized spacial score (nSPS) is 11.4. The van der Waals surface area contributed by atoms with Crippen LogP contribution < -0.4 is 14.8 Å². The van der Waals surface area contributed by atoms with Gasteiger partial charge >= 0.3 is 0 Å². The van der Waals surface area contributed by atoms with Crippen molar-refractivity contribution in [3.63, 3.8) is 0 Å². The lowest BCUT2D eigenvalue weighted by atomic mass is 10.1. The maximum absolute atomic E-state index is 13.0. The Hall–Kier alpha value is -3.09. The zero-order valence-electron chi connectivity index (χ0n) is 17.0. The predicted octanol–water partition coefficient (Wildman–Crippen LogP) is 3.16. The minimum atomic E-state index is -0.683. The Morgan fingerprint density at radius 3 is 2.52 bits per heavy atom. The molecular formula is C22H27FN2O4. The van der Waals surface area contributed by atoms with Crippen LogP contribution in [0.25, 0.3) is 0 Å². The first-order chi connectivity index (χ1) is 13.9. The van der Waals surface area contributed by atoms with Crippen LogP contribution in [0.5, 0.6) is 11.5 Å². The molecule has 0 radical (unpaired) electrons. The molecular weight excluding hydrogens is 375 g/mol. The summed E-state index contributed by atoms with van der Waals surface area (Å²) in [5.41, 5.74) is 0.828.